The lowest BCUT2D eigenvalue weighted by Crippen LogP contribution is -2.20. The second-order valence-corrected chi connectivity index (χ2v) is 9.17. The van der Waals surface area contributed by atoms with Gasteiger partial charge < -0.3 is 14.2 Å². The van der Waals surface area contributed by atoms with Gasteiger partial charge in [0.1, 0.15) is 12.4 Å². The molecule has 1 amide bonds. The summed E-state index contributed by atoms with van der Waals surface area (Å²) in [5, 5.41) is 4.33. The van der Waals surface area contributed by atoms with Crippen LogP contribution in [0.5, 0.6) is 17.2 Å². The van der Waals surface area contributed by atoms with Gasteiger partial charge in [-0.3, -0.25) is 4.79 Å². The van der Waals surface area contributed by atoms with E-state index in [1.54, 1.807) is 26.4 Å². The van der Waals surface area contributed by atoms with Gasteiger partial charge in [0.2, 0.25) is 0 Å². The van der Waals surface area contributed by atoms with Crippen LogP contribution in [0.1, 0.15) is 40.4 Å². The number of nitrogens with one attached hydrogen (secondary N) is 1. The molecule has 34 heavy (non-hydrogen) atoms. The second-order valence-electron chi connectivity index (χ2n) is 7.47. The van der Waals surface area contributed by atoms with Crippen LogP contribution in [0.4, 0.5) is 0 Å². The summed E-state index contributed by atoms with van der Waals surface area (Å²) in [5.74, 6) is 1.69. The van der Waals surface area contributed by atoms with Gasteiger partial charge in [0, 0.05) is 11.1 Å². The Labute approximate surface area is 216 Å². The van der Waals surface area contributed by atoms with Crippen LogP contribution in [0.3, 0.4) is 0 Å². The summed E-state index contributed by atoms with van der Waals surface area (Å²) in [7, 11) is 3.17. The first-order valence-corrected chi connectivity index (χ1v) is 12.2. The normalized spacial score (nSPS) is 11.2. The van der Waals surface area contributed by atoms with E-state index in [2.05, 4.69) is 42.4 Å². The Balaban J connectivity index is 1.65. The SMILES string of the molecule is CC/C(=N\NC(=O)c1ccc(COc2c(Br)cc(C)cc2Br)cc1)c1ccc(OC)c(OC)c1. The molecule has 0 aliphatic heterocycles. The summed E-state index contributed by atoms with van der Waals surface area (Å²) < 4.78 is 18.4. The molecule has 0 spiro atoms. The number of halogens is 2. The Morgan fingerprint density at radius 1 is 0.912 bits per heavy atom. The van der Waals surface area contributed by atoms with Crippen molar-refractivity contribution in [3.8, 4) is 17.2 Å². The highest BCUT2D eigenvalue weighted by atomic mass is 79.9. The molecule has 0 atom stereocenters. The van der Waals surface area contributed by atoms with Crippen LogP contribution in [-0.4, -0.2) is 25.8 Å². The van der Waals surface area contributed by atoms with Crippen LogP contribution in [0, 0.1) is 6.92 Å². The molecule has 0 bridgehead atoms. The van der Waals surface area contributed by atoms with Gasteiger partial charge in [0.05, 0.1) is 28.9 Å². The number of ether oxygens (including phenoxy) is 3. The predicted octanol–water partition coefficient (Wildman–Crippen LogP) is 6.66. The lowest BCUT2D eigenvalue weighted by atomic mass is 10.1. The summed E-state index contributed by atoms with van der Waals surface area (Å²) in [5.41, 5.74) is 6.80. The Kier molecular flexibility index (Phi) is 9.12. The number of aryl methyl sites for hydroxylation is 1. The van der Waals surface area contributed by atoms with E-state index in [0.29, 0.717) is 30.1 Å². The molecule has 1 N–H and O–H groups in total. The van der Waals surface area contributed by atoms with Crippen molar-refractivity contribution in [2.24, 2.45) is 5.10 Å². The molecule has 0 aromatic heterocycles. The highest BCUT2D eigenvalue weighted by Crippen LogP contribution is 2.35. The fourth-order valence-corrected chi connectivity index (χ4v) is 4.92. The molecule has 0 saturated carbocycles. The number of hydrazone groups is 1. The van der Waals surface area contributed by atoms with E-state index >= 15 is 0 Å². The fraction of sp³-hybridized carbons (Fsp3) is 0.231. The van der Waals surface area contributed by atoms with Gasteiger partial charge >= 0.3 is 0 Å². The molecule has 8 heteroatoms. The van der Waals surface area contributed by atoms with Crippen LogP contribution < -0.4 is 19.6 Å². The van der Waals surface area contributed by atoms with Crippen molar-refractivity contribution in [2.75, 3.05) is 14.2 Å². The van der Waals surface area contributed by atoms with E-state index in [4.69, 9.17) is 14.2 Å². The molecular formula is C26H26Br2N2O4. The Morgan fingerprint density at radius 3 is 2.12 bits per heavy atom. The molecule has 0 unspecified atom stereocenters. The molecule has 178 valence electrons. The first kappa shape index (κ1) is 25.8. The first-order chi connectivity index (χ1) is 16.4. The van der Waals surface area contributed by atoms with Crippen molar-refractivity contribution >= 4 is 43.5 Å². The van der Waals surface area contributed by atoms with Crippen molar-refractivity contribution in [3.63, 3.8) is 0 Å². The topological polar surface area (TPSA) is 69.2 Å². The van der Waals surface area contributed by atoms with Gasteiger partial charge in [-0.1, -0.05) is 19.1 Å². The molecular weight excluding hydrogens is 564 g/mol. The molecule has 3 aromatic carbocycles. The van der Waals surface area contributed by atoms with Crippen LogP contribution in [0.15, 0.2) is 68.6 Å². The number of benzene rings is 3. The van der Waals surface area contributed by atoms with Crippen LogP contribution >= 0.6 is 31.9 Å². The molecule has 0 fully saturated rings. The maximum absolute atomic E-state index is 12.6. The summed E-state index contributed by atoms with van der Waals surface area (Å²) in [6.45, 7) is 4.37. The third kappa shape index (κ3) is 6.39. The van der Waals surface area contributed by atoms with Crippen molar-refractivity contribution in [2.45, 2.75) is 26.9 Å². The molecule has 0 radical (unpaired) electrons. The Hall–Kier alpha value is -2.84. The highest BCUT2D eigenvalue weighted by Gasteiger charge is 2.11. The van der Waals surface area contributed by atoms with E-state index in [0.717, 1.165) is 37.1 Å². The van der Waals surface area contributed by atoms with Crippen LogP contribution in [0.2, 0.25) is 0 Å². The van der Waals surface area contributed by atoms with Crippen molar-refractivity contribution in [1.29, 1.82) is 0 Å². The number of nitrogens with zero attached hydrogens (tertiary/aromatic N) is 1. The number of amides is 1. The average molecular weight is 590 g/mol. The maximum Gasteiger partial charge on any atom is 0.271 e. The molecule has 0 saturated heterocycles. The third-order valence-electron chi connectivity index (χ3n) is 5.09. The van der Waals surface area contributed by atoms with Crippen molar-refractivity contribution in [1.82, 2.24) is 5.43 Å². The number of rotatable bonds is 9. The first-order valence-electron chi connectivity index (χ1n) is 10.6. The van der Waals surface area contributed by atoms with Crippen LogP contribution in [0.25, 0.3) is 0 Å². The molecule has 0 aliphatic carbocycles. The van der Waals surface area contributed by atoms with Gasteiger partial charge in [-0.2, -0.15) is 5.10 Å². The number of hydrogen-bond donors (Lipinski definition) is 1. The lowest BCUT2D eigenvalue weighted by Gasteiger charge is -2.12. The largest absolute Gasteiger partial charge is 0.493 e. The molecule has 0 heterocycles. The van der Waals surface area contributed by atoms with Gasteiger partial charge in [-0.05, 0) is 98.8 Å². The number of methoxy groups -OCH3 is 2. The second kappa shape index (κ2) is 12.0. The maximum atomic E-state index is 12.6. The average Bonchev–Trinajstić information content (AvgIpc) is 2.83. The van der Waals surface area contributed by atoms with E-state index in [1.165, 1.54) is 0 Å². The van der Waals surface area contributed by atoms with Gasteiger partial charge in [0.15, 0.2) is 11.5 Å². The smallest absolute Gasteiger partial charge is 0.271 e. The van der Waals surface area contributed by atoms with Gasteiger partial charge in [-0.15, -0.1) is 0 Å². The number of carbonyl (C=O) groups excluding carboxylic acids is 1. The van der Waals surface area contributed by atoms with Crippen LogP contribution in [-0.2, 0) is 6.61 Å². The Bertz CT molecular complexity index is 1170. The van der Waals surface area contributed by atoms with E-state index in [-0.39, 0.29) is 5.91 Å². The van der Waals surface area contributed by atoms with E-state index in [9.17, 15) is 4.79 Å². The molecule has 0 aliphatic rings. The summed E-state index contributed by atoms with van der Waals surface area (Å²) in [6, 6.07) is 16.8. The summed E-state index contributed by atoms with van der Waals surface area (Å²) in [6.07, 6.45) is 0.635. The zero-order valence-electron chi connectivity index (χ0n) is 19.4. The van der Waals surface area contributed by atoms with Gasteiger partial charge in [0.25, 0.3) is 5.91 Å². The lowest BCUT2D eigenvalue weighted by molar-refractivity contribution is 0.0954. The highest BCUT2D eigenvalue weighted by molar-refractivity contribution is 9.11. The summed E-state index contributed by atoms with van der Waals surface area (Å²) in [4.78, 5) is 12.6. The van der Waals surface area contributed by atoms with E-state index < -0.39 is 0 Å². The minimum Gasteiger partial charge on any atom is -0.493 e. The number of hydrogen-bond acceptors (Lipinski definition) is 5. The van der Waals surface area contributed by atoms with Crippen molar-refractivity contribution in [3.05, 3.63) is 85.8 Å². The number of carbonyl (C=O) groups is 1. The summed E-state index contributed by atoms with van der Waals surface area (Å²) >= 11 is 7.07. The molecule has 3 rings (SSSR count). The Morgan fingerprint density at radius 2 is 1.53 bits per heavy atom. The standard InChI is InChI=1S/C26H26Br2N2O4/c1-5-22(19-10-11-23(32-3)24(14-19)33-4)29-30-26(31)18-8-6-17(7-9-18)15-34-25-20(27)12-16(2)13-21(25)28/h6-14H,5,15H2,1-4H3,(H,30,31)/b29-22+. The van der Waals surface area contributed by atoms with Crippen molar-refractivity contribution < 1.29 is 19.0 Å². The molecule has 6 nitrogen and oxygen atoms in total. The zero-order chi connectivity index (χ0) is 24.7. The quantitative estimate of drug-likeness (QED) is 0.224. The minimum atomic E-state index is -0.289. The molecule has 3 aromatic rings. The minimum absolute atomic E-state index is 0.289. The van der Waals surface area contributed by atoms with Gasteiger partial charge in [-0.25, -0.2) is 5.43 Å². The zero-order valence-corrected chi connectivity index (χ0v) is 22.6. The monoisotopic (exact) mass is 588 g/mol. The van der Waals surface area contributed by atoms with E-state index in [1.807, 2.05) is 56.3 Å². The third-order valence-corrected chi connectivity index (χ3v) is 6.26. The predicted molar refractivity (Wildman–Crippen MR) is 141 cm³/mol. The fourth-order valence-electron chi connectivity index (χ4n) is 3.28.